The third kappa shape index (κ3) is 9.58. The number of benzene rings is 4. The first kappa shape index (κ1) is 36.0. The van der Waals surface area contributed by atoms with E-state index in [1.54, 1.807) is 84.9 Å². The van der Waals surface area contributed by atoms with E-state index >= 15 is 0 Å². The van der Waals surface area contributed by atoms with Crippen LogP contribution in [0.25, 0.3) is 11.1 Å². The number of carbonyl (C=O) groups is 2. The van der Waals surface area contributed by atoms with Crippen molar-refractivity contribution in [2.45, 2.75) is 38.1 Å². The summed E-state index contributed by atoms with van der Waals surface area (Å²) in [5, 5.41) is 43.5. The molecule has 0 saturated carbocycles. The maximum atomic E-state index is 12.8. The van der Waals surface area contributed by atoms with Gasteiger partial charge in [-0.1, -0.05) is 35.3 Å². The molecule has 4 aromatic carbocycles. The molecule has 0 heterocycles. The quantitative estimate of drug-likeness (QED) is 0.105. The minimum absolute atomic E-state index is 0.338. The van der Waals surface area contributed by atoms with Crippen molar-refractivity contribution >= 4 is 57.8 Å². The number of carbonyl (C=O) groups excluding carboxylic acids is 2. The third-order valence-corrected chi connectivity index (χ3v) is 7.45. The summed E-state index contributed by atoms with van der Waals surface area (Å²) in [5.41, 5.74) is 3.15. The highest BCUT2D eigenvalue weighted by Crippen LogP contribution is 2.37. The predicted octanol–water partition coefficient (Wildman–Crippen LogP) is 7.62. The summed E-state index contributed by atoms with van der Waals surface area (Å²) >= 11 is 11.8. The summed E-state index contributed by atoms with van der Waals surface area (Å²) in [7, 11) is 2.95. The summed E-state index contributed by atoms with van der Waals surface area (Å²) in [5.74, 6) is -0.350. The first-order valence-corrected chi connectivity index (χ1v) is 15.4. The van der Waals surface area contributed by atoms with Crippen molar-refractivity contribution in [3.63, 3.8) is 0 Å². The number of methoxy groups -OCH3 is 2. The first-order chi connectivity index (χ1) is 23.0. The smallest absolute Gasteiger partial charge is 0.253 e. The van der Waals surface area contributed by atoms with Crippen LogP contribution < -0.4 is 20.1 Å². The van der Waals surface area contributed by atoms with Crippen molar-refractivity contribution < 1.29 is 29.3 Å². The number of hydrogen-bond acceptors (Lipinski definition) is 10. The normalized spacial score (nSPS) is 13.9. The maximum Gasteiger partial charge on any atom is 0.253 e. The second-order valence-corrected chi connectivity index (χ2v) is 11.4. The van der Waals surface area contributed by atoms with Crippen LogP contribution in [0.15, 0.2) is 105 Å². The lowest BCUT2D eigenvalue weighted by atomic mass is 10.0. The Hall–Kier alpha value is -4.88. The molecule has 0 saturated heterocycles. The number of aliphatic hydroxyl groups is 2. The predicted molar refractivity (Wildman–Crippen MR) is 185 cm³/mol. The number of halogens is 2. The molecule has 0 aromatic heterocycles. The van der Waals surface area contributed by atoms with Crippen LogP contribution in [0.4, 0.5) is 22.7 Å². The number of rotatable bonds is 13. The number of azo groups is 2. The van der Waals surface area contributed by atoms with Crippen LogP contribution in [0, 0.1) is 0 Å². The van der Waals surface area contributed by atoms with Gasteiger partial charge >= 0.3 is 0 Å². The van der Waals surface area contributed by atoms with Crippen molar-refractivity contribution in [1.82, 2.24) is 0 Å². The third-order valence-electron chi connectivity index (χ3n) is 6.95. The van der Waals surface area contributed by atoms with E-state index in [1.807, 2.05) is 0 Å². The van der Waals surface area contributed by atoms with Crippen LogP contribution in [0.3, 0.4) is 0 Å². The molecule has 4 rings (SSSR count). The molecule has 4 atom stereocenters. The Balaban J connectivity index is 1.51. The standard InChI is InChI=1S/C34H34Cl2N6O6/c1-19(43)31(33(45)37-25-11-7-23(35)8-12-25)41-39-27-15-5-21(17-29(27)47-3)22-6-16-28(30(18-22)48-4)40-42-32(20(2)44)34(46)38-26-13-9-24(36)10-14-26/h5-20,31-32,43-44H,1-4H3,(H,37,45)(H,38,46). The molecule has 48 heavy (non-hydrogen) atoms. The summed E-state index contributed by atoms with van der Waals surface area (Å²) in [6.45, 7) is 2.89. The number of hydrogen-bond donors (Lipinski definition) is 4. The van der Waals surface area contributed by atoms with E-state index < -0.39 is 36.1 Å². The van der Waals surface area contributed by atoms with Crippen molar-refractivity contribution in [1.29, 1.82) is 0 Å². The average molecular weight is 694 g/mol. The lowest BCUT2D eigenvalue weighted by molar-refractivity contribution is -0.120. The summed E-state index contributed by atoms with van der Waals surface area (Å²) in [6.07, 6.45) is -2.24. The van der Waals surface area contributed by atoms with Crippen molar-refractivity contribution in [3.05, 3.63) is 95.0 Å². The molecular formula is C34H34Cl2N6O6. The summed E-state index contributed by atoms with van der Waals surface area (Å²) in [6, 6.07) is 21.1. The first-order valence-electron chi connectivity index (χ1n) is 14.7. The maximum absolute atomic E-state index is 12.8. The lowest BCUT2D eigenvalue weighted by Crippen LogP contribution is -2.34. The van der Waals surface area contributed by atoms with Crippen molar-refractivity contribution in [2.24, 2.45) is 20.5 Å². The van der Waals surface area contributed by atoms with Gasteiger partial charge in [0.05, 0.1) is 26.4 Å². The van der Waals surface area contributed by atoms with Gasteiger partial charge in [0.15, 0.2) is 12.1 Å². The number of nitrogens with one attached hydrogen (secondary N) is 2. The van der Waals surface area contributed by atoms with E-state index in [2.05, 4.69) is 31.1 Å². The fraction of sp³-hybridized carbons (Fsp3) is 0.235. The lowest BCUT2D eigenvalue weighted by Gasteiger charge is -2.15. The van der Waals surface area contributed by atoms with Gasteiger partial charge in [0.1, 0.15) is 22.9 Å². The van der Waals surface area contributed by atoms with Crippen LogP contribution >= 0.6 is 23.2 Å². The number of nitrogens with zero attached hydrogens (tertiary/aromatic N) is 4. The molecule has 2 amide bonds. The minimum atomic E-state index is -1.19. The molecule has 12 nitrogen and oxygen atoms in total. The molecule has 0 radical (unpaired) electrons. The van der Waals surface area contributed by atoms with Crippen LogP contribution in [0.5, 0.6) is 11.5 Å². The van der Waals surface area contributed by atoms with E-state index in [-0.39, 0.29) is 0 Å². The van der Waals surface area contributed by atoms with Gasteiger partial charge in [-0.25, -0.2) is 0 Å². The fourth-order valence-corrected chi connectivity index (χ4v) is 4.62. The number of aliphatic hydroxyl groups excluding tert-OH is 2. The summed E-state index contributed by atoms with van der Waals surface area (Å²) < 4.78 is 11.1. The molecule has 0 aliphatic heterocycles. The molecule has 0 bridgehead atoms. The van der Waals surface area contributed by atoms with Gasteiger partial charge in [-0.15, -0.1) is 0 Å². The second-order valence-electron chi connectivity index (χ2n) is 10.6. The van der Waals surface area contributed by atoms with E-state index in [0.29, 0.717) is 44.3 Å². The van der Waals surface area contributed by atoms with Crippen LogP contribution in [-0.2, 0) is 9.59 Å². The van der Waals surface area contributed by atoms with Crippen LogP contribution in [-0.4, -0.2) is 60.5 Å². The molecule has 0 aliphatic rings. The monoisotopic (exact) mass is 692 g/mol. The molecule has 4 aromatic rings. The van der Waals surface area contributed by atoms with E-state index in [9.17, 15) is 19.8 Å². The highest BCUT2D eigenvalue weighted by Gasteiger charge is 2.25. The van der Waals surface area contributed by atoms with E-state index in [1.165, 1.54) is 28.1 Å². The molecular weight excluding hydrogens is 659 g/mol. The SMILES string of the molecule is COc1cc(-c2ccc(N=NC(C(=O)Nc3ccc(Cl)cc3)C(C)O)c(OC)c2)ccc1N=NC(C(=O)Nc1ccc(Cl)cc1)C(C)O. The Morgan fingerprint density at radius 3 is 1.29 bits per heavy atom. The molecule has 0 fully saturated rings. The Kier molecular flexibility index (Phi) is 12.6. The van der Waals surface area contributed by atoms with Gasteiger partial charge in [0.2, 0.25) is 0 Å². The van der Waals surface area contributed by atoms with E-state index in [4.69, 9.17) is 32.7 Å². The van der Waals surface area contributed by atoms with Gasteiger partial charge in [-0.05, 0) is 97.8 Å². The highest BCUT2D eigenvalue weighted by molar-refractivity contribution is 6.31. The topological polar surface area (TPSA) is 167 Å². The Labute approximate surface area is 287 Å². The Morgan fingerprint density at radius 1 is 0.625 bits per heavy atom. The number of anilines is 2. The van der Waals surface area contributed by atoms with Crippen molar-refractivity contribution in [2.75, 3.05) is 24.9 Å². The van der Waals surface area contributed by atoms with Crippen LogP contribution in [0.2, 0.25) is 10.0 Å². The zero-order valence-corrected chi connectivity index (χ0v) is 28.0. The van der Waals surface area contributed by atoms with E-state index in [0.717, 1.165) is 11.1 Å². The van der Waals surface area contributed by atoms with Gasteiger partial charge in [-0.3, -0.25) is 9.59 Å². The number of amides is 2. The van der Waals surface area contributed by atoms with Gasteiger partial charge in [0, 0.05) is 21.4 Å². The highest BCUT2D eigenvalue weighted by atomic mass is 35.5. The van der Waals surface area contributed by atoms with Gasteiger partial charge in [-0.2, -0.15) is 20.5 Å². The Bertz CT molecular complexity index is 1650. The summed E-state index contributed by atoms with van der Waals surface area (Å²) in [4.78, 5) is 25.7. The molecule has 14 heteroatoms. The molecule has 0 aliphatic carbocycles. The zero-order chi connectivity index (χ0) is 34.8. The Morgan fingerprint density at radius 2 is 0.979 bits per heavy atom. The van der Waals surface area contributed by atoms with Crippen molar-refractivity contribution in [3.8, 4) is 22.6 Å². The molecule has 4 N–H and O–H groups in total. The van der Waals surface area contributed by atoms with Gasteiger partial charge in [0.25, 0.3) is 11.8 Å². The molecule has 0 spiro atoms. The minimum Gasteiger partial charge on any atom is -0.494 e. The molecule has 250 valence electrons. The largest absolute Gasteiger partial charge is 0.494 e. The number of ether oxygens (including phenoxy) is 2. The zero-order valence-electron chi connectivity index (χ0n) is 26.5. The fourth-order valence-electron chi connectivity index (χ4n) is 4.36. The van der Waals surface area contributed by atoms with Crippen LogP contribution in [0.1, 0.15) is 13.8 Å². The van der Waals surface area contributed by atoms with Gasteiger partial charge < -0.3 is 30.3 Å². The second kappa shape index (κ2) is 16.8. The molecule has 4 unspecified atom stereocenters. The average Bonchev–Trinajstić information content (AvgIpc) is 3.06.